The molecule has 2 unspecified atom stereocenters. The summed E-state index contributed by atoms with van der Waals surface area (Å²) in [6.07, 6.45) is 6.65. The van der Waals surface area contributed by atoms with Gasteiger partial charge in [-0.3, -0.25) is 4.90 Å². The molecule has 0 aliphatic heterocycles. The van der Waals surface area contributed by atoms with Crippen LogP contribution in [0.2, 0.25) is 77.6 Å². The molecule has 5 N–H and O–H groups in total. The predicted octanol–water partition coefficient (Wildman–Crippen LogP) is 4.74. The van der Waals surface area contributed by atoms with Gasteiger partial charge in [0.05, 0.1) is 13.2 Å². The minimum atomic E-state index is -2.59. The molecule has 0 amide bonds. The van der Waals surface area contributed by atoms with E-state index in [9.17, 15) is 10.2 Å². The van der Waals surface area contributed by atoms with E-state index in [-0.39, 0.29) is 13.2 Å². The van der Waals surface area contributed by atoms with Crippen LogP contribution in [0.25, 0.3) is 0 Å². The summed E-state index contributed by atoms with van der Waals surface area (Å²) in [5.74, 6) is 0. The standard InChI is InChI=1S/C26H67N3O6Si5/c1-36(2,3)32-38(7,8)34-40(10,26-16-18-28-19-17-27)35-39(9,33-37(4,5)6)25-15-13-11-12-14-20-29(21-23-30)22-24-31/h28,30-31H,11-27H2,1-10H3. The minimum Gasteiger partial charge on any atom is -0.437 e. The minimum absolute atomic E-state index is 0.139. The summed E-state index contributed by atoms with van der Waals surface area (Å²) in [5.41, 5.74) is 5.67. The van der Waals surface area contributed by atoms with Crippen molar-refractivity contribution in [1.82, 2.24) is 10.2 Å². The first kappa shape index (κ1) is 40.7. The van der Waals surface area contributed by atoms with Crippen molar-refractivity contribution in [2.24, 2.45) is 5.73 Å². The van der Waals surface area contributed by atoms with Gasteiger partial charge in [0.25, 0.3) is 0 Å². The summed E-state index contributed by atoms with van der Waals surface area (Å²) >= 11 is 0. The Kier molecular flexibility index (Phi) is 20.3. The van der Waals surface area contributed by atoms with Gasteiger partial charge in [0.1, 0.15) is 0 Å². The molecule has 0 spiro atoms. The molecule has 0 saturated heterocycles. The van der Waals surface area contributed by atoms with Crippen LogP contribution in [0.3, 0.4) is 0 Å². The second kappa shape index (κ2) is 19.9. The Morgan fingerprint density at radius 1 is 0.575 bits per heavy atom. The van der Waals surface area contributed by atoms with Gasteiger partial charge in [-0.25, -0.2) is 0 Å². The fraction of sp³-hybridized carbons (Fsp3) is 1.00. The number of hydrogen-bond acceptors (Lipinski definition) is 9. The van der Waals surface area contributed by atoms with Crippen LogP contribution in [0.1, 0.15) is 38.5 Å². The first-order valence-electron chi connectivity index (χ1n) is 15.5. The molecule has 0 rings (SSSR count). The molecule has 40 heavy (non-hydrogen) atoms. The van der Waals surface area contributed by atoms with Crippen LogP contribution >= 0.6 is 0 Å². The molecule has 0 radical (unpaired) electrons. The number of nitrogens with two attached hydrogens (primary N) is 1. The molecule has 2 atom stereocenters. The molecule has 0 aliphatic carbocycles. The lowest BCUT2D eigenvalue weighted by Crippen LogP contribution is -2.60. The summed E-state index contributed by atoms with van der Waals surface area (Å²) in [6.45, 7) is 27.2. The van der Waals surface area contributed by atoms with Crippen LogP contribution in [-0.4, -0.2) is 110 Å². The topological polar surface area (TPSA) is 119 Å². The highest BCUT2D eigenvalue weighted by molar-refractivity contribution is 6.90. The smallest absolute Gasteiger partial charge is 0.317 e. The van der Waals surface area contributed by atoms with Gasteiger partial charge in [0, 0.05) is 26.2 Å². The largest absolute Gasteiger partial charge is 0.437 e. The lowest BCUT2D eigenvalue weighted by atomic mass is 10.1. The lowest BCUT2D eigenvalue weighted by molar-refractivity contribution is 0.159. The van der Waals surface area contributed by atoms with Gasteiger partial charge in [-0.1, -0.05) is 25.7 Å². The zero-order valence-electron chi connectivity index (χ0n) is 27.9. The quantitative estimate of drug-likeness (QED) is 0.0773. The Morgan fingerprint density at radius 3 is 1.60 bits per heavy atom. The fourth-order valence-electron chi connectivity index (χ4n) is 5.32. The van der Waals surface area contributed by atoms with Gasteiger partial charge in [0.15, 0.2) is 16.6 Å². The maximum atomic E-state index is 9.21. The molecule has 0 bridgehead atoms. The van der Waals surface area contributed by atoms with Crippen LogP contribution in [0, 0.1) is 0 Å². The second-order valence-electron chi connectivity index (χ2n) is 13.7. The van der Waals surface area contributed by atoms with E-state index < -0.39 is 42.3 Å². The number of rotatable bonds is 26. The summed E-state index contributed by atoms with van der Waals surface area (Å²) in [5, 5.41) is 21.8. The Morgan fingerprint density at radius 2 is 1.07 bits per heavy atom. The normalized spacial score (nSPS) is 16.4. The highest BCUT2D eigenvalue weighted by atomic mass is 28.5. The van der Waals surface area contributed by atoms with Crippen molar-refractivity contribution in [3.05, 3.63) is 0 Å². The molecule has 9 nitrogen and oxygen atoms in total. The fourth-order valence-corrected chi connectivity index (χ4v) is 29.2. The molecular weight excluding hydrogens is 591 g/mol. The predicted molar refractivity (Wildman–Crippen MR) is 182 cm³/mol. The molecule has 14 heteroatoms. The van der Waals surface area contributed by atoms with Crippen LogP contribution in [0.4, 0.5) is 0 Å². The zero-order chi connectivity index (χ0) is 30.9. The summed E-state index contributed by atoms with van der Waals surface area (Å²) in [7, 11) is -11.0. The number of nitrogens with zero attached hydrogens (tertiary/aromatic N) is 1. The third kappa shape index (κ3) is 22.3. The van der Waals surface area contributed by atoms with Crippen molar-refractivity contribution >= 4 is 42.3 Å². The molecule has 0 saturated carbocycles. The highest BCUT2D eigenvalue weighted by Crippen LogP contribution is 2.32. The maximum absolute atomic E-state index is 9.21. The van der Waals surface area contributed by atoms with E-state index >= 15 is 0 Å². The Balaban J connectivity index is 5.35. The first-order chi connectivity index (χ1) is 18.4. The Bertz CT molecular complexity index is 651. The van der Waals surface area contributed by atoms with E-state index in [1.165, 1.54) is 6.42 Å². The van der Waals surface area contributed by atoms with Crippen LogP contribution in [0.5, 0.6) is 0 Å². The third-order valence-corrected chi connectivity index (χ3v) is 24.5. The Hall–Kier alpha value is 0.724. The number of aliphatic hydroxyl groups is 2. The van der Waals surface area contributed by atoms with E-state index in [0.29, 0.717) is 19.6 Å². The molecule has 242 valence electrons. The van der Waals surface area contributed by atoms with Crippen LogP contribution in [0.15, 0.2) is 0 Å². The molecule has 0 aliphatic rings. The highest BCUT2D eigenvalue weighted by Gasteiger charge is 2.48. The monoisotopic (exact) mass is 657 g/mol. The zero-order valence-corrected chi connectivity index (χ0v) is 32.9. The maximum Gasteiger partial charge on any atom is 0.317 e. The lowest BCUT2D eigenvalue weighted by Gasteiger charge is -2.44. The van der Waals surface area contributed by atoms with E-state index in [1.807, 2.05) is 0 Å². The van der Waals surface area contributed by atoms with Gasteiger partial charge in [0.2, 0.25) is 0 Å². The summed E-state index contributed by atoms with van der Waals surface area (Å²) < 4.78 is 27.7. The third-order valence-electron chi connectivity index (χ3n) is 6.21. The van der Waals surface area contributed by atoms with Crippen molar-refractivity contribution in [2.45, 2.75) is 116 Å². The van der Waals surface area contributed by atoms with Gasteiger partial charge >= 0.3 is 25.7 Å². The molecule has 0 fully saturated rings. The van der Waals surface area contributed by atoms with Gasteiger partial charge in [-0.05, 0) is 103 Å². The van der Waals surface area contributed by atoms with Crippen molar-refractivity contribution in [2.75, 3.05) is 52.5 Å². The molecule has 0 aromatic rings. The average molecular weight is 658 g/mol. The van der Waals surface area contributed by atoms with E-state index in [0.717, 1.165) is 63.8 Å². The SMILES string of the molecule is C[Si](C)(C)O[Si](C)(C)O[Si](C)(CCCNCCN)O[Si](C)(CCCCCCCN(CCO)CCO)O[Si](C)(C)C. The second-order valence-corrected chi connectivity index (χ2v) is 33.8. The number of hydrogen-bond donors (Lipinski definition) is 4. The van der Waals surface area contributed by atoms with Crippen LogP contribution in [-0.2, 0) is 16.5 Å². The number of unbranched alkanes of at least 4 members (excludes halogenated alkanes) is 4. The van der Waals surface area contributed by atoms with Crippen molar-refractivity contribution in [3.8, 4) is 0 Å². The summed E-state index contributed by atoms with van der Waals surface area (Å²) in [4.78, 5) is 2.13. The van der Waals surface area contributed by atoms with Gasteiger partial charge in [-0.15, -0.1) is 0 Å². The molecule has 0 aromatic carbocycles. The molecule has 0 aromatic heterocycles. The van der Waals surface area contributed by atoms with Gasteiger partial charge in [-0.2, -0.15) is 0 Å². The van der Waals surface area contributed by atoms with Crippen molar-refractivity contribution in [3.63, 3.8) is 0 Å². The van der Waals surface area contributed by atoms with Crippen molar-refractivity contribution < 1.29 is 26.7 Å². The van der Waals surface area contributed by atoms with E-state index in [2.05, 4.69) is 75.7 Å². The Labute approximate surface area is 252 Å². The van der Waals surface area contributed by atoms with Crippen molar-refractivity contribution in [1.29, 1.82) is 0 Å². The number of aliphatic hydroxyl groups excluding tert-OH is 2. The van der Waals surface area contributed by atoms with Crippen LogP contribution < -0.4 is 11.1 Å². The van der Waals surface area contributed by atoms with Gasteiger partial charge < -0.3 is 37.7 Å². The molecular formula is C26H67N3O6Si5. The van der Waals surface area contributed by atoms with E-state index in [1.54, 1.807) is 0 Å². The average Bonchev–Trinajstić information content (AvgIpc) is 2.74. The number of nitrogens with one attached hydrogen (secondary N) is 1. The summed E-state index contributed by atoms with van der Waals surface area (Å²) in [6, 6.07) is 1.89. The van der Waals surface area contributed by atoms with E-state index in [4.69, 9.17) is 22.2 Å². The molecule has 0 heterocycles. The first-order valence-corrected chi connectivity index (χ1v) is 30.2.